The van der Waals surface area contributed by atoms with Crippen molar-refractivity contribution < 1.29 is 0 Å². The van der Waals surface area contributed by atoms with Gasteiger partial charge in [-0.3, -0.25) is 4.68 Å². The lowest BCUT2D eigenvalue weighted by molar-refractivity contribution is 0.179. The molecule has 0 atom stereocenters. The SMILES string of the molecule is C1=CC2(CCN(CCCn3cncn3)CC2)c2ccccc21. The molecule has 0 amide bonds. The number of hydrogen-bond acceptors (Lipinski definition) is 3. The van der Waals surface area contributed by atoms with Crippen LogP contribution in [-0.4, -0.2) is 39.3 Å². The van der Waals surface area contributed by atoms with Gasteiger partial charge >= 0.3 is 0 Å². The normalized spacial score (nSPS) is 19.6. The molecule has 0 bridgehead atoms. The number of piperidine rings is 1. The second kappa shape index (κ2) is 5.69. The van der Waals surface area contributed by atoms with Gasteiger partial charge in [-0.2, -0.15) is 5.10 Å². The Bertz CT molecular complexity index is 651. The van der Waals surface area contributed by atoms with Crippen molar-refractivity contribution >= 4 is 6.08 Å². The Morgan fingerprint density at radius 3 is 2.77 bits per heavy atom. The van der Waals surface area contributed by atoms with Crippen LogP contribution in [0, 0.1) is 0 Å². The van der Waals surface area contributed by atoms with Crippen LogP contribution in [0.5, 0.6) is 0 Å². The summed E-state index contributed by atoms with van der Waals surface area (Å²) < 4.78 is 1.92. The fraction of sp³-hybridized carbons (Fsp3) is 0.444. The minimum Gasteiger partial charge on any atom is -0.303 e. The van der Waals surface area contributed by atoms with E-state index >= 15 is 0 Å². The van der Waals surface area contributed by atoms with Gasteiger partial charge in [-0.15, -0.1) is 0 Å². The number of aryl methyl sites for hydroxylation is 1. The summed E-state index contributed by atoms with van der Waals surface area (Å²) in [6.45, 7) is 4.50. The van der Waals surface area contributed by atoms with Crippen LogP contribution < -0.4 is 0 Å². The van der Waals surface area contributed by atoms with Gasteiger partial charge in [0.25, 0.3) is 0 Å². The van der Waals surface area contributed by atoms with Crippen molar-refractivity contribution in [2.75, 3.05) is 19.6 Å². The predicted molar refractivity (Wildman–Crippen MR) is 87.5 cm³/mol. The van der Waals surface area contributed by atoms with Crippen LogP contribution in [0.1, 0.15) is 30.4 Å². The Morgan fingerprint density at radius 1 is 1.09 bits per heavy atom. The van der Waals surface area contributed by atoms with E-state index < -0.39 is 0 Å². The van der Waals surface area contributed by atoms with Gasteiger partial charge in [0.05, 0.1) is 0 Å². The maximum Gasteiger partial charge on any atom is 0.137 e. The molecular weight excluding hydrogens is 272 g/mol. The highest BCUT2D eigenvalue weighted by Crippen LogP contribution is 2.43. The van der Waals surface area contributed by atoms with Crippen LogP contribution in [0.15, 0.2) is 43.0 Å². The lowest BCUT2D eigenvalue weighted by atomic mass is 9.74. The lowest BCUT2D eigenvalue weighted by Gasteiger charge is -2.39. The monoisotopic (exact) mass is 294 g/mol. The number of aromatic nitrogens is 3. The summed E-state index contributed by atoms with van der Waals surface area (Å²) in [5.74, 6) is 0. The van der Waals surface area contributed by atoms with E-state index in [0.29, 0.717) is 5.41 Å². The van der Waals surface area contributed by atoms with Gasteiger partial charge in [0.2, 0.25) is 0 Å². The Morgan fingerprint density at radius 2 is 1.95 bits per heavy atom. The molecule has 1 spiro atoms. The molecule has 1 fully saturated rings. The number of allylic oxidation sites excluding steroid dienone is 1. The largest absolute Gasteiger partial charge is 0.303 e. The van der Waals surface area contributed by atoms with E-state index in [-0.39, 0.29) is 0 Å². The van der Waals surface area contributed by atoms with Crippen molar-refractivity contribution in [1.29, 1.82) is 0 Å². The molecule has 2 heterocycles. The lowest BCUT2D eigenvalue weighted by Crippen LogP contribution is -2.41. The third-order valence-electron chi connectivity index (χ3n) is 5.16. The minimum atomic E-state index is 0.305. The highest BCUT2D eigenvalue weighted by atomic mass is 15.3. The molecule has 2 aromatic rings. The smallest absolute Gasteiger partial charge is 0.137 e. The van der Waals surface area contributed by atoms with E-state index in [4.69, 9.17) is 0 Å². The number of nitrogens with zero attached hydrogens (tertiary/aromatic N) is 4. The number of likely N-dealkylation sites (tertiary alicyclic amines) is 1. The fourth-order valence-electron chi connectivity index (χ4n) is 3.85. The molecule has 1 aliphatic carbocycles. The number of fused-ring (bicyclic) bond motifs is 2. The van der Waals surface area contributed by atoms with Crippen LogP contribution in [0.2, 0.25) is 0 Å². The first-order valence-electron chi connectivity index (χ1n) is 8.19. The quantitative estimate of drug-likeness (QED) is 0.869. The summed E-state index contributed by atoms with van der Waals surface area (Å²) in [4.78, 5) is 6.58. The zero-order valence-corrected chi connectivity index (χ0v) is 12.9. The van der Waals surface area contributed by atoms with E-state index in [1.54, 1.807) is 12.7 Å². The average Bonchev–Trinajstić information content (AvgIpc) is 3.19. The highest BCUT2D eigenvalue weighted by Gasteiger charge is 2.37. The molecule has 0 saturated carbocycles. The molecule has 1 aromatic carbocycles. The van der Waals surface area contributed by atoms with Gasteiger partial charge in [-0.25, -0.2) is 4.98 Å². The second-order valence-corrected chi connectivity index (χ2v) is 6.43. The van der Waals surface area contributed by atoms with Crippen LogP contribution >= 0.6 is 0 Å². The Kier molecular flexibility index (Phi) is 3.54. The minimum absolute atomic E-state index is 0.305. The van der Waals surface area contributed by atoms with Crippen molar-refractivity contribution in [3.63, 3.8) is 0 Å². The van der Waals surface area contributed by atoms with Crippen LogP contribution in [0.4, 0.5) is 0 Å². The summed E-state index contributed by atoms with van der Waals surface area (Å²) in [7, 11) is 0. The number of benzene rings is 1. The molecule has 0 N–H and O–H groups in total. The summed E-state index contributed by atoms with van der Waals surface area (Å²) in [6, 6.07) is 8.88. The molecule has 0 unspecified atom stereocenters. The van der Waals surface area contributed by atoms with Gasteiger partial charge in [0, 0.05) is 12.0 Å². The summed E-state index contributed by atoms with van der Waals surface area (Å²) in [5.41, 5.74) is 3.26. The maximum absolute atomic E-state index is 4.16. The van der Waals surface area contributed by atoms with Gasteiger partial charge in [-0.05, 0) is 50.0 Å². The molecule has 1 aromatic heterocycles. The van der Waals surface area contributed by atoms with Crippen molar-refractivity contribution in [3.8, 4) is 0 Å². The summed E-state index contributed by atoms with van der Waals surface area (Å²) in [5, 5.41) is 4.16. The Labute approximate surface area is 131 Å². The van der Waals surface area contributed by atoms with E-state index in [1.165, 1.54) is 37.1 Å². The molecule has 4 rings (SSSR count). The van der Waals surface area contributed by atoms with E-state index in [2.05, 4.69) is 51.4 Å². The molecule has 1 aliphatic heterocycles. The second-order valence-electron chi connectivity index (χ2n) is 6.43. The third kappa shape index (κ3) is 2.48. The Hall–Kier alpha value is -1.94. The summed E-state index contributed by atoms with van der Waals surface area (Å²) >= 11 is 0. The van der Waals surface area contributed by atoms with Crippen LogP contribution in [0.3, 0.4) is 0 Å². The van der Waals surface area contributed by atoms with E-state index in [1.807, 2.05) is 4.68 Å². The predicted octanol–water partition coefficient (Wildman–Crippen LogP) is 2.73. The zero-order chi connectivity index (χ0) is 14.8. The first kappa shape index (κ1) is 13.7. The van der Waals surface area contributed by atoms with Crippen molar-refractivity contribution in [3.05, 3.63) is 54.1 Å². The van der Waals surface area contributed by atoms with E-state index in [0.717, 1.165) is 19.5 Å². The molecular formula is C18H22N4. The third-order valence-corrected chi connectivity index (χ3v) is 5.16. The number of rotatable bonds is 4. The van der Waals surface area contributed by atoms with Crippen LogP contribution in [-0.2, 0) is 12.0 Å². The first-order chi connectivity index (χ1) is 10.9. The molecule has 114 valence electrons. The standard InChI is InChI=1S/C18H22N4/c1-2-5-17-16(4-1)6-7-18(17)8-12-21(13-9-18)10-3-11-22-15-19-14-20-22/h1-2,4-7,14-15H,3,8-13H2. The molecule has 22 heavy (non-hydrogen) atoms. The summed E-state index contributed by atoms with van der Waals surface area (Å²) in [6.07, 6.45) is 11.8. The average molecular weight is 294 g/mol. The van der Waals surface area contributed by atoms with E-state index in [9.17, 15) is 0 Å². The Balaban J connectivity index is 1.33. The highest BCUT2D eigenvalue weighted by molar-refractivity contribution is 5.65. The van der Waals surface area contributed by atoms with Crippen LogP contribution in [0.25, 0.3) is 6.08 Å². The molecule has 1 saturated heterocycles. The fourth-order valence-corrected chi connectivity index (χ4v) is 3.85. The van der Waals surface area contributed by atoms with Gasteiger partial charge in [0.15, 0.2) is 0 Å². The first-order valence-corrected chi connectivity index (χ1v) is 8.19. The van der Waals surface area contributed by atoms with Gasteiger partial charge in [0.1, 0.15) is 12.7 Å². The molecule has 4 heteroatoms. The van der Waals surface area contributed by atoms with Crippen molar-refractivity contribution in [2.24, 2.45) is 0 Å². The van der Waals surface area contributed by atoms with Crippen molar-refractivity contribution in [1.82, 2.24) is 19.7 Å². The van der Waals surface area contributed by atoms with Gasteiger partial charge in [-0.1, -0.05) is 36.4 Å². The molecule has 0 radical (unpaired) electrons. The molecule has 2 aliphatic rings. The van der Waals surface area contributed by atoms with Gasteiger partial charge < -0.3 is 4.90 Å². The zero-order valence-electron chi connectivity index (χ0n) is 12.9. The maximum atomic E-state index is 4.16. The number of hydrogen-bond donors (Lipinski definition) is 0. The molecule has 4 nitrogen and oxygen atoms in total. The topological polar surface area (TPSA) is 34.0 Å². The van der Waals surface area contributed by atoms with Crippen molar-refractivity contribution in [2.45, 2.75) is 31.2 Å².